The largest absolute Gasteiger partial charge is 0.480 e. The van der Waals surface area contributed by atoms with Crippen molar-refractivity contribution in [1.29, 1.82) is 0 Å². The van der Waals surface area contributed by atoms with Gasteiger partial charge in [-0.2, -0.15) is 0 Å². The van der Waals surface area contributed by atoms with Crippen molar-refractivity contribution in [2.45, 2.75) is 19.0 Å². The lowest BCUT2D eigenvalue weighted by Crippen LogP contribution is -2.44. The van der Waals surface area contributed by atoms with Crippen molar-refractivity contribution in [3.05, 3.63) is 58.3 Å². The van der Waals surface area contributed by atoms with Crippen LogP contribution in [0.3, 0.4) is 0 Å². The Kier molecular flexibility index (Phi) is 4.29. The van der Waals surface area contributed by atoms with Crippen LogP contribution in [0.2, 0.25) is 0 Å². The molecule has 2 N–H and O–H groups in total. The van der Waals surface area contributed by atoms with Gasteiger partial charge in [-0.25, -0.2) is 13.8 Å². The van der Waals surface area contributed by atoms with Gasteiger partial charge in [0.25, 0.3) is 5.56 Å². The molecule has 3 aromatic rings. The van der Waals surface area contributed by atoms with Crippen LogP contribution in [-0.2, 0) is 16.9 Å². The summed E-state index contributed by atoms with van der Waals surface area (Å²) in [5, 5.41) is 15.6. The Morgan fingerprint density at radius 1 is 1.38 bits per heavy atom. The quantitative estimate of drug-likeness (QED) is 0.678. The first-order valence-electron chi connectivity index (χ1n) is 8.42. The van der Waals surface area contributed by atoms with E-state index in [1.807, 2.05) is 0 Å². The van der Waals surface area contributed by atoms with Gasteiger partial charge in [0.2, 0.25) is 5.88 Å². The summed E-state index contributed by atoms with van der Waals surface area (Å²) >= 11 is 0. The highest BCUT2D eigenvalue weighted by atomic mass is 19.1. The summed E-state index contributed by atoms with van der Waals surface area (Å²) in [6, 6.07) is 4.78. The van der Waals surface area contributed by atoms with E-state index in [2.05, 4.69) is 15.5 Å². The second-order valence-corrected chi connectivity index (χ2v) is 6.67. The summed E-state index contributed by atoms with van der Waals surface area (Å²) in [7, 11) is 0. The van der Waals surface area contributed by atoms with Crippen LogP contribution in [0.25, 0.3) is 11.3 Å². The van der Waals surface area contributed by atoms with Crippen molar-refractivity contribution in [3.63, 3.8) is 0 Å². The summed E-state index contributed by atoms with van der Waals surface area (Å²) in [4.78, 5) is 27.4. The van der Waals surface area contributed by atoms with E-state index in [-0.39, 0.29) is 35.2 Å². The third kappa shape index (κ3) is 3.20. The molecule has 0 aliphatic carbocycles. The first kappa shape index (κ1) is 18.6. The van der Waals surface area contributed by atoms with Crippen molar-refractivity contribution in [2.24, 2.45) is 0 Å². The Bertz CT molecular complexity index is 1160. The summed E-state index contributed by atoms with van der Waals surface area (Å²) in [5.41, 5.74) is -2.23. The molecule has 0 amide bonds. The van der Waals surface area contributed by atoms with E-state index < -0.39 is 35.2 Å². The van der Waals surface area contributed by atoms with Crippen LogP contribution in [0.4, 0.5) is 14.5 Å². The molecule has 0 saturated heterocycles. The molecule has 1 atom stereocenters. The number of aliphatic carboxylic acids is 1. The summed E-state index contributed by atoms with van der Waals surface area (Å²) in [6.07, 6.45) is 1.08. The van der Waals surface area contributed by atoms with Gasteiger partial charge in [-0.15, -0.1) is 0 Å². The number of hydrogen-bond donors (Lipinski definition) is 2. The minimum Gasteiger partial charge on any atom is -0.480 e. The van der Waals surface area contributed by atoms with E-state index in [4.69, 9.17) is 14.4 Å². The molecule has 3 heterocycles. The maximum absolute atomic E-state index is 14.0. The van der Waals surface area contributed by atoms with Gasteiger partial charge < -0.3 is 19.7 Å². The van der Waals surface area contributed by atoms with Gasteiger partial charge in [-0.3, -0.25) is 14.2 Å². The summed E-state index contributed by atoms with van der Waals surface area (Å²) < 4.78 is 39.7. The molecular formula is C18H14F2N4O5. The average molecular weight is 404 g/mol. The fraction of sp³-hybridized carbons (Fsp3) is 0.222. The molecule has 1 aromatic carbocycles. The van der Waals surface area contributed by atoms with Crippen molar-refractivity contribution >= 4 is 11.7 Å². The standard InChI is InChI=1S/C18H14F2N4O5/c1-18(12-5-11(23-29-12)14-9(19)3-2-4-10(14)20)7-28-16-15(22-18)17(27)24(8-21-16)6-13(25)26/h2-5,8,22H,6-7H2,1H3,(H,25,26)/t18-/m0/s1. The Morgan fingerprint density at radius 3 is 2.79 bits per heavy atom. The number of carboxylic acids is 1. The Balaban J connectivity index is 1.71. The number of anilines is 1. The first-order valence-corrected chi connectivity index (χ1v) is 8.42. The highest BCUT2D eigenvalue weighted by Crippen LogP contribution is 2.36. The van der Waals surface area contributed by atoms with Gasteiger partial charge >= 0.3 is 5.97 Å². The second kappa shape index (κ2) is 6.69. The van der Waals surface area contributed by atoms with Crippen LogP contribution in [0.1, 0.15) is 12.7 Å². The second-order valence-electron chi connectivity index (χ2n) is 6.67. The minimum absolute atomic E-state index is 0.00833. The molecule has 1 aliphatic rings. The number of carbonyl (C=O) groups is 1. The van der Waals surface area contributed by atoms with Gasteiger partial charge in [-0.1, -0.05) is 11.2 Å². The van der Waals surface area contributed by atoms with Gasteiger partial charge in [0.05, 0.1) is 5.56 Å². The Labute approximate surface area is 161 Å². The molecule has 2 aromatic heterocycles. The lowest BCUT2D eigenvalue weighted by atomic mass is 9.97. The van der Waals surface area contributed by atoms with E-state index in [1.165, 1.54) is 12.1 Å². The van der Waals surface area contributed by atoms with Crippen molar-refractivity contribution in [1.82, 2.24) is 14.7 Å². The molecule has 11 heteroatoms. The molecule has 0 saturated carbocycles. The normalized spacial score (nSPS) is 17.9. The maximum atomic E-state index is 14.0. The molecule has 0 spiro atoms. The topological polar surface area (TPSA) is 119 Å². The van der Waals surface area contributed by atoms with Crippen LogP contribution < -0.4 is 15.6 Å². The van der Waals surface area contributed by atoms with E-state index >= 15 is 0 Å². The smallest absolute Gasteiger partial charge is 0.323 e. The van der Waals surface area contributed by atoms with E-state index in [1.54, 1.807) is 6.92 Å². The van der Waals surface area contributed by atoms with Crippen LogP contribution >= 0.6 is 0 Å². The number of benzene rings is 1. The van der Waals surface area contributed by atoms with Crippen LogP contribution in [0.5, 0.6) is 5.88 Å². The molecule has 9 nitrogen and oxygen atoms in total. The third-order valence-electron chi connectivity index (χ3n) is 4.48. The molecule has 29 heavy (non-hydrogen) atoms. The van der Waals surface area contributed by atoms with Crippen LogP contribution in [-0.4, -0.2) is 32.4 Å². The van der Waals surface area contributed by atoms with Crippen LogP contribution in [0, 0.1) is 11.6 Å². The molecule has 150 valence electrons. The fourth-order valence-electron chi connectivity index (χ4n) is 3.00. The van der Waals surface area contributed by atoms with Gasteiger partial charge in [-0.05, 0) is 19.1 Å². The highest BCUT2D eigenvalue weighted by Gasteiger charge is 2.39. The molecule has 4 rings (SSSR count). The number of nitrogens with one attached hydrogen (secondary N) is 1. The predicted molar refractivity (Wildman–Crippen MR) is 94.5 cm³/mol. The van der Waals surface area contributed by atoms with E-state index in [9.17, 15) is 18.4 Å². The molecule has 0 radical (unpaired) electrons. The molecule has 0 unspecified atom stereocenters. The van der Waals surface area contributed by atoms with Crippen molar-refractivity contribution in [2.75, 3.05) is 11.9 Å². The predicted octanol–water partition coefficient (Wildman–Crippen LogP) is 1.98. The third-order valence-corrected chi connectivity index (χ3v) is 4.48. The number of aromatic nitrogens is 3. The lowest BCUT2D eigenvalue weighted by Gasteiger charge is -2.33. The number of halogens is 2. The monoisotopic (exact) mass is 404 g/mol. The minimum atomic E-state index is -1.21. The first-order chi connectivity index (χ1) is 13.8. The zero-order chi connectivity index (χ0) is 20.8. The fourth-order valence-corrected chi connectivity index (χ4v) is 3.00. The maximum Gasteiger partial charge on any atom is 0.323 e. The van der Waals surface area contributed by atoms with Crippen molar-refractivity contribution in [3.8, 4) is 17.1 Å². The molecular weight excluding hydrogens is 390 g/mol. The zero-order valence-electron chi connectivity index (χ0n) is 15.0. The van der Waals surface area contributed by atoms with Crippen molar-refractivity contribution < 1.29 is 27.9 Å². The Hall–Kier alpha value is -3.76. The zero-order valence-corrected chi connectivity index (χ0v) is 15.0. The lowest BCUT2D eigenvalue weighted by molar-refractivity contribution is -0.137. The van der Waals surface area contributed by atoms with Gasteiger partial charge in [0, 0.05) is 6.07 Å². The summed E-state index contributed by atoms with van der Waals surface area (Å²) in [6.45, 7) is 1.03. The number of rotatable bonds is 4. The SMILES string of the molecule is C[C@@]1(c2cc(-c3c(F)cccc3F)no2)COc2ncn(CC(=O)O)c(=O)c2N1. The average Bonchev–Trinajstić information content (AvgIpc) is 3.15. The Morgan fingerprint density at radius 2 is 2.10 bits per heavy atom. The van der Waals surface area contributed by atoms with E-state index in [0.29, 0.717) is 0 Å². The highest BCUT2D eigenvalue weighted by molar-refractivity contribution is 5.67. The number of carboxylic acid groups (broad SMARTS) is 1. The molecule has 1 aliphatic heterocycles. The summed E-state index contributed by atoms with van der Waals surface area (Å²) in [5.74, 6) is -2.63. The van der Waals surface area contributed by atoms with Gasteiger partial charge in [0.15, 0.2) is 11.4 Å². The molecule has 0 fully saturated rings. The number of fused-ring (bicyclic) bond motifs is 1. The number of ether oxygens (including phenoxy) is 1. The van der Waals surface area contributed by atoms with Crippen LogP contribution in [0.15, 0.2) is 39.9 Å². The number of hydrogen-bond acceptors (Lipinski definition) is 7. The molecule has 0 bridgehead atoms. The van der Waals surface area contributed by atoms with Gasteiger partial charge in [0.1, 0.15) is 42.3 Å². The number of nitrogens with zero attached hydrogens (tertiary/aromatic N) is 3. The van der Waals surface area contributed by atoms with E-state index in [0.717, 1.165) is 23.0 Å².